The second-order valence-corrected chi connectivity index (χ2v) is 9.03. The molecule has 0 atom stereocenters. The smallest absolute Gasteiger partial charge is 0.435 e. The molecule has 32 heavy (non-hydrogen) atoms. The van der Waals surface area contributed by atoms with E-state index in [9.17, 15) is 18.9 Å². The zero-order valence-electron chi connectivity index (χ0n) is 20.2. The molecule has 0 aliphatic heterocycles. The molecule has 0 saturated carbocycles. The minimum Gasteiger partial charge on any atom is -0.435 e. The zero-order valence-corrected chi connectivity index (χ0v) is 21.0. The van der Waals surface area contributed by atoms with Gasteiger partial charge in [-0.3, -0.25) is 0 Å². The van der Waals surface area contributed by atoms with Gasteiger partial charge in [-0.05, 0) is 62.3 Å². The van der Waals surface area contributed by atoms with Crippen molar-refractivity contribution in [3.05, 3.63) is 33.4 Å². The Labute approximate surface area is 189 Å². The van der Waals surface area contributed by atoms with E-state index in [1.54, 1.807) is 62.3 Å². The van der Waals surface area contributed by atoms with E-state index in [2.05, 4.69) is 0 Å². The molecule has 0 amide bonds. The molecule has 182 valence electrons. The van der Waals surface area contributed by atoms with Gasteiger partial charge in [0.25, 0.3) is 0 Å². The lowest BCUT2D eigenvalue weighted by Crippen LogP contribution is -2.15. The zero-order chi connectivity index (χ0) is 25.1. The monoisotopic (exact) mass is 476 g/mol. The number of rotatable bonds is 12. The predicted molar refractivity (Wildman–Crippen MR) is 116 cm³/mol. The first-order valence-corrected chi connectivity index (χ1v) is 11.1. The van der Waals surface area contributed by atoms with E-state index in [0.29, 0.717) is 16.7 Å². The van der Waals surface area contributed by atoms with Crippen LogP contribution in [0.25, 0.3) is 0 Å². The lowest BCUT2D eigenvalue weighted by atomic mass is 10.2. The van der Waals surface area contributed by atoms with Crippen molar-refractivity contribution in [2.45, 2.75) is 62.3 Å². The number of phosphoric ester groups is 1. The fourth-order valence-electron chi connectivity index (χ4n) is 1.48. The van der Waals surface area contributed by atoms with Crippen molar-refractivity contribution < 1.29 is 46.7 Å². The van der Waals surface area contributed by atoms with Crippen LogP contribution in [0.4, 0.5) is 0 Å². The third kappa shape index (κ3) is 10.9. The van der Waals surface area contributed by atoms with Gasteiger partial charge in [-0.2, -0.15) is 0 Å². The summed E-state index contributed by atoms with van der Waals surface area (Å²) in [5, 5.41) is 0. The molecular formula is C21H33O10P. The standard InChI is InChI=1S/C21H33O10P/c1-13(2)16(7)19(22)26-10-29-32(25,30-11-27-20(23)17(8)14(3)4)31-12-28-21(24)18(9)15(5)6/h10-12H2,1-9H3. The Kier molecular flexibility index (Phi) is 13.0. The minimum atomic E-state index is -4.43. The predicted octanol–water partition coefficient (Wildman–Crippen LogP) is 4.72. The second kappa shape index (κ2) is 14.0. The first kappa shape index (κ1) is 29.7. The number of phosphoric acid groups is 1. The first-order chi connectivity index (χ1) is 14.7. The summed E-state index contributed by atoms with van der Waals surface area (Å²) in [4.78, 5) is 35.6. The molecule has 0 rings (SSSR count). The number of ether oxygens (including phenoxy) is 3. The van der Waals surface area contributed by atoms with Gasteiger partial charge in [0.05, 0.1) is 0 Å². The van der Waals surface area contributed by atoms with Gasteiger partial charge in [-0.25, -0.2) is 32.5 Å². The van der Waals surface area contributed by atoms with E-state index < -0.39 is 46.1 Å². The van der Waals surface area contributed by atoms with E-state index in [-0.39, 0.29) is 0 Å². The Hall–Kier alpha value is -2.26. The van der Waals surface area contributed by atoms with Gasteiger partial charge in [0.15, 0.2) is 0 Å². The van der Waals surface area contributed by atoms with E-state index in [4.69, 9.17) is 27.8 Å². The van der Waals surface area contributed by atoms with Crippen LogP contribution < -0.4 is 0 Å². The van der Waals surface area contributed by atoms with Crippen molar-refractivity contribution in [1.82, 2.24) is 0 Å². The molecule has 0 aliphatic rings. The summed E-state index contributed by atoms with van der Waals surface area (Å²) in [6.45, 7) is 12.7. The third-order valence-electron chi connectivity index (χ3n) is 4.37. The van der Waals surface area contributed by atoms with Crippen molar-refractivity contribution in [3.8, 4) is 0 Å². The molecule has 0 heterocycles. The Morgan fingerprint density at radius 1 is 0.500 bits per heavy atom. The van der Waals surface area contributed by atoms with Crippen molar-refractivity contribution in [3.63, 3.8) is 0 Å². The van der Waals surface area contributed by atoms with Crippen LogP contribution in [-0.4, -0.2) is 38.3 Å². The Morgan fingerprint density at radius 3 is 0.906 bits per heavy atom. The molecule has 11 heteroatoms. The van der Waals surface area contributed by atoms with Crippen LogP contribution in [0.5, 0.6) is 0 Å². The van der Waals surface area contributed by atoms with Gasteiger partial charge in [-0.1, -0.05) is 16.7 Å². The normalized spacial score (nSPS) is 10.7. The van der Waals surface area contributed by atoms with Gasteiger partial charge in [0, 0.05) is 16.7 Å². The summed E-state index contributed by atoms with van der Waals surface area (Å²) in [7, 11) is -4.43. The molecule has 0 radical (unpaired) electrons. The van der Waals surface area contributed by atoms with E-state index in [0.717, 1.165) is 16.7 Å². The summed E-state index contributed by atoms with van der Waals surface area (Å²) in [5.41, 5.74) is 3.24. The molecule has 0 fully saturated rings. The maximum atomic E-state index is 12.8. The van der Waals surface area contributed by atoms with Crippen molar-refractivity contribution in [1.29, 1.82) is 0 Å². The number of hydrogen-bond acceptors (Lipinski definition) is 10. The van der Waals surface area contributed by atoms with Crippen LogP contribution in [-0.2, 0) is 46.7 Å². The summed E-state index contributed by atoms with van der Waals surface area (Å²) < 4.78 is 42.3. The summed E-state index contributed by atoms with van der Waals surface area (Å²) in [6, 6.07) is 0. The number of hydrogen-bond donors (Lipinski definition) is 0. The van der Waals surface area contributed by atoms with Crippen molar-refractivity contribution >= 4 is 25.7 Å². The van der Waals surface area contributed by atoms with Crippen LogP contribution in [0.15, 0.2) is 33.4 Å². The molecule has 0 unspecified atom stereocenters. The molecule has 0 aromatic heterocycles. The fourth-order valence-corrected chi connectivity index (χ4v) is 2.25. The summed E-state index contributed by atoms with van der Waals surface area (Å²) in [6.07, 6.45) is 0. The Bertz CT molecular complexity index is 729. The lowest BCUT2D eigenvalue weighted by molar-refractivity contribution is -0.151. The summed E-state index contributed by atoms with van der Waals surface area (Å²) in [5.74, 6) is -2.06. The van der Waals surface area contributed by atoms with E-state index in [1.165, 1.54) is 0 Å². The molecule has 10 nitrogen and oxygen atoms in total. The topological polar surface area (TPSA) is 124 Å². The molecular weight excluding hydrogens is 443 g/mol. The van der Waals surface area contributed by atoms with Crippen molar-refractivity contribution in [2.75, 3.05) is 20.4 Å². The average molecular weight is 476 g/mol. The highest BCUT2D eigenvalue weighted by Crippen LogP contribution is 2.49. The molecule has 0 aromatic carbocycles. The van der Waals surface area contributed by atoms with E-state index >= 15 is 0 Å². The van der Waals surface area contributed by atoms with Gasteiger partial charge >= 0.3 is 25.7 Å². The molecule has 0 aliphatic carbocycles. The van der Waals surface area contributed by atoms with Crippen LogP contribution in [0.3, 0.4) is 0 Å². The van der Waals surface area contributed by atoms with E-state index in [1.807, 2.05) is 0 Å². The summed E-state index contributed by atoms with van der Waals surface area (Å²) >= 11 is 0. The number of esters is 3. The fraction of sp³-hybridized carbons (Fsp3) is 0.571. The number of carbonyl (C=O) groups excluding carboxylic acids is 3. The highest BCUT2D eigenvalue weighted by atomic mass is 31.2. The highest BCUT2D eigenvalue weighted by Gasteiger charge is 2.29. The van der Waals surface area contributed by atoms with Crippen LogP contribution in [0.1, 0.15) is 62.3 Å². The van der Waals surface area contributed by atoms with Gasteiger partial charge < -0.3 is 14.2 Å². The Morgan fingerprint density at radius 2 is 0.719 bits per heavy atom. The average Bonchev–Trinajstić information content (AvgIpc) is 2.71. The second-order valence-electron chi connectivity index (χ2n) is 7.36. The molecule has 0 saturated heterocycles. The largest absolute Gasteiger partial charge is 0.483 e. The minimum absolute atomic E-state index is 0.350. The SMILES string of the molecule is CC(C)=C(C)C(=O)OCOP(=O)(OCOC(=O)C(C)=C(C)C)OCOC(=O)C(C)=C(C)C. The Balaban J connectivity index is 5.09. The molecule has 0 N–H and O–H groups in total. The maximum Gasteiger partial charge on any atom is 0.483 e. The first-order valence-electron chi connectivity index (χ1n) is 9.69. The van der Waals surface area contributed by atoms with Crippen molar-refractivity contribution in [2.24, 2.45) is 0 Å². The number of allylic oxidation sites excluding steroid dienone is 3. The van der Waals surface area contributed by atoms with Gasteiger partial charge in [0.1, 0.15) is 0 Å². The highest BCUT2D eigenvalue weighted by molar-refractivity contribution is 7.48. The molecule has 0 spiro atoms. The lowest BCUT2D eigenvalue weighted by Gasteiger charge is -2.18. The molecule has 0 aromatic rings. The van der Waals surface area contributed by atoms with Gasteiger partial charge in [0.2, 0.25) is 20.4 Å². The molecule has 0 bridgehead atoms. The third-order valence-corrected chi connectivity index (χ3v) is 5.64. The number of carbonyl (C=O) groups is 3. The van der Waals surface area contributed by atoms with Gasteiger partial charge in [-0.15, -0.1) is 0 Å². The van der Waals surface area contributed by atoms with Crippen LogP contribution in [0, 0.1) is 0 Å². The van der Waals surface area contributed by atoms with Crippen LogP contribution >= 0.6 is 7.82 Å². The van der Waals surface area contributed by atoms with Crippen LogP contribution in [0.2, 0.25) is 0 Å². The maximum absolute atomic E-state index is 12.8. The quantitative estimate of drug-likeness (QED) is 0.128.